The Morgan fingerprint density at radius 3 is 2.70 bits per heavy atom. The van der Waals surface area contributed by atoms with Crippen molar-refractivity contribution in [1.82, 2.24) is 10.7 Å². The van der Waals surface area contributed by atoms with Crippen LogP contribution in [0.3, 0.4) is 0 Å². The number of aliphatic imine (C=N–C) groups is 1. The van der Waals surface area contributed by atoms with E-state index in [4.69, 9.17) is 5.11 Å². The highest BCUT2D eigenvalue weighted by Gasteiger charge is 2.25. The number of amides is 1. The van der Waals surface area contributed by atoms with Crippen molar-refractivity contribution in [1.29, 1.82) is 0 Å². The summed E-state index contributed by atoms with van der Waals surface area (Å²) < 4.78 is 0. The van der Waals surface area contributed by atoms with Crippen LogP contribution in [-0.2, 0) is 0 Å². The number of carboxylic acid groups (broad SMARTS) is 1. The van der Waals surface area contributed by atoms with Crippen LogP contribution in [0.5, 0.6) is 0 Å². The number of fused-ring (bicyclic) bond motifs is 1. The van der Waals surface area contributed by atoms with E-state index in [0.717, 1.165) is 10.2 Å². The van der Waals surface area contributed by atoms with Gasteiger partial charge in [-0.25, -0.2) is 15.2 Å². The van der Waals surface area contributed by atoms with Gasteiger partial charge in [-0.2, -0.15) is 10.2 Å². The van der Waals surface area contributed by atoms with Gasteiger partial charge in [-0.3, -0.25) is 10.4 Å². The van der Waals surface area contributed by atoms with Gasteiger partial charge in [-0.15, -0.1) is 0 Å². The number of rotatable bonds is 4. The van der Waals surface area contributed by atoms with E-state index in [1.54, 1.807) is 24.3 Å². The Kier molecular flexibility index (Phi) is 4.23. The van der Waals surface area contributed by atoms with Gasteiger partial charge in [0.15, 0.2) is 0 Å². The summed E-state index contributed by atoms with van der Waals surface area (Å²) in [5.41, 5.74) is 3.28. The first-order chi connectivity index (χ1) is 9.59. The molecule has 0 bridgehead atoms. The summed E-state index contributed by atoms with van der Waals surface area (Å²) in [6.45, 7) is 0.548. The molecule has 0 spiro atoms. The van der Waals surface area contributed by atoms with Crippen molar-refractivity contribution < 1.29 is 20.3 Å². The van der Waals surface area contributed by atoms with Gasteiger partial charge in [0.05, 0.1) is 0 Å². The largest absolute Gasteiger partial charge is 0.465 e. The van der Waals surface area contributed by atoms with Gasteiger partial charge in [-0.05, 0) is 18.6 Å². The molecule has 0 saturated carbocycles. The molecule has 20 heavy (non-hydrogen) atoms. The van der Waals surface area contributed by atoms with E-state index >= 15 is 0 Å². The van der Waals surface area contributed by atoms with Crippen LogP contribution in [-0.4, -0.2) is 40.7 Å². The summed E-state index contributed by atoms with van der Waals surface area (Å²) in [5.74, 6) is 0.0570. The van der Waals surface area contributed by atoms with E-state index in [2.05, 4.69) is 15.7 Å². The van der Waals surface area contributed by atoms with Crippen LogP contribution >= 0.6 is 0 Å². The fourth-order valence-electron chi connectivity index (χ4n) is 1.70. The number of anilines is 2. The number of benzene rings is 1. The molecule has 9 heteroatoms. The summed E-state index contributed by atoms with van der Waals surface area (Å²) in [4.78, 5) is 14.3. The number of nitrogens with zero attached hydrogens (tertiary/aromatic N) is 3. The molecule has 0 atom stereocenters. The third-order valence-corrected chi connectivity index (χ3v) is 2.62. The van der Waals surface area contributed by atoms with Gasteiger partial charge < -0.3 is 10.4 Å². The SMILES string of the molecule is O=C(O)NCCCN=C1NN(O)c2ccccc2N1O. The Balaban J connectivity index is 1.99. The topological polar surface area (TPSA) is 121 Å². The summed E-state index contributed by atoms with van der Waals surface area (Å²) in [6, 6.07) is 6.69. The lowest BCUT2D eigenvalue weighted by atomic mass is 10.2. The van der Waals surface area contributed by atoms with Gasteiger partial charge in [-0.1, -0.05) is 12.1 Å². The number of hydrazine groups is 1. The Morgan fingerprint density at radius 2 is 2.00 bits per heavy atom. The summed E-state index contributed by atoms with van der Waals surface area (Å²) >= 11 is 0. The molecule has 0 radical (unpaired) electrons. The Hall–Kier alpha value is -2.52. The van der Waals surface area contributed by atoms with Crippen molar-refractivity contribution in [3.63, 3.8) is 0 Å². The zero-order valence-electron chi connectivity index (χ0n) is 10.5. The van der Waals surface area contributed by atoms with Crippen LogP contribution in [0.15, 0.2) is 29.3 Å². The highest BCUT2D eigenvalue weighted by molar-refractivity contribution is 6.00. The first-order valence-corrected chi connectivity index (χ1v) is 5.94. The molecule has 0 fully saturated rings. The average Bonchev–Trinajstić information content (AvgIpc) is 2.43. The normalized spacial score (nSPS) is 15.8. The monoisotopic (exact) mass is 281 g/mol. The van der Waals surface area contributed by atoms with Gasteiger partial charge >= 0.3 is 6.09 Å². The number of nitrogens with one attached hydrogen (secondary N) is 2. The quantitative estimate of drug-likeness (QED) is 0.513. The van der Waals surface area contributed by atoms with Crippen molar-refractivity contribution in [3.05, 3.63) is 24.3 Å². The zero-order chi connectivity index (χ0) is 14.5. The lowest BCUT2D eigenvalue weighted by Gasteiger charge is -2.32. The lowest BCUT2D eigenvalue weighted by Crippen LogP contribution is -2.52. The van der Waals surface area contributed by atoms with Crippen LogP contribution in [0.1, 0.15) is 6.42 Å². The minimum Gasteiger partial charge on any atom is -0.465 e. The van der Waals surface area contributed by atoms with Crippen molar-refractivity contribution in [3.8, 4) is 0 Å². The number of hydrogen-bond acceptors (Lipinski definition) is 5. The summed E-state index contributed by atoms with van der Waals surface area (Å²) in [6.07, 6.45) is -0.619. The molecule has 0 aliphatic carbocycles. The Morgan fingerprint density at radius 1 is 1.30 bits per heavy atom. The van der Waals surface area contributed by atoms with Crippen LogP contribution in [0.2, 0.25) is 0 Å². The molecule has 0 unspecified atom stereocenters. The van der Waals surface area contributed by atoms with E-state index in [1.807, 2.05) is 0 Å². The first-order valence-electron chi connectivity index (χ1n) is 5.94. The molecule has 9 nitrogen and oxygen atoms in total. The molecule has 5 N–H and O–H groups in total. The standard InChI is InChI=1S/C11H15N5O4/c17-11(18)13-7-3-6-12-10-14-16(20)9-5-2-1-4-8(9)15(10)19/h1-2,4-5,13,19-20H,3,6-7H2,(H,12,14)(H,17,18). The van der Waals surface area contributed by atoms with E-state index in [1.165, 1.54) is 0 Å². The third-order valence-electron chi connectivity index (χ3n) is 2.62. The fourth-order valence-corrected chi connectivity index (χ4v) is 1.70. The molecule has 108 valence electrons. The van der Waals surface area contributed by atoms with E-state index < -0.39 is 6.09 Å². The highest BCUT2D eigenvalue weighted by atomic mass is 16.6. The fraction of sp³-hybridized carbons (Fsp3) is 0.273. The molecular weight excluding hydrogens is 266 g/mol. The maximum atomic E-state index is 10.2. The molecule has 0 saturated heterocycles. The second-order valence-corrected chi connectivity index (χ2v) is 4.01. The van der Waals surface area contributed by atoms with Gasteiger partial charge in [0, 0.05) is 13.1 Å². The van der Waals surface area contributed by atoms with Gasteiger partial charge in [0.25, 0.3) is 0 Å². The molecule has 1 aromatic rings. The van der Waals surface area contributed by atoms with Crippen LogP contribution in [0, 0.1) is 0 Å². The molecule has 2 rings (SSSR count). The van der Waals surface area contributed by atoms with Crippen LogP contribution in [0.25, 0.3) is 0 Å². The van der Waals surface area contributed by atoms with E-state index in [9.17, 15) is 15.2 Å². The maximum absolute atomic E-state index is 10.2. The van der Waals surface area contributed by atoms with Crippen molar-refractivity contribution in [2.45, 2.75) is 6.42 Å². The maximum Gasteiger partial charge on any atom is 0.404 e. The molecule has 1 aliphatic rings. The number of hydrogen-bond donors (Lipinski definition) is 5. The predicted octanol–water partition coefficient (Wildman–Crippen LogP) is 0.610. The van der Waals surface area contributed by atoms with Crippen molar-refractivity contribution in [2.24, 2.45) is 4.99 Å². The zero-order valence-corrected chi connectivity index (χ0v) is 10.5. The molecule has 0 aromatic heterocycles. The lowest BCUT2D eigenvalue weighted by molar-refractivity contribution is 0.194. The molecule has 1 heterocycles. The second kappa shape index (κ2) is 6.08. The Bertz CT molecular complexity index is 521. The first kappa shape index (κ1) is 13.9. The number of hydroxylamine groups is 1. The minimum absolute atomic E-state index is 0.0570. The molecule has 1 amide bonds. The van der Waals surface area contributed by atoms with E-state index in [0.29, 0.717) is 17.8 Å². The minimum atomic E-state index is -1.09. The summed E-state index contributed by atoms with van der Waals surface area (Å²) in [5, 5.41) is 31.9. The Labute approximate surface area is 114 Å². The number of carbonyl (C=O) groups is 1. The second-order valence-electron chi connectivity index (χ2n) is 4.01. The average molecular weight is 281 g/mol. The van der Waals surface area contributed by atoms with E-state index in [-0.39, 0.29) is 19.0 Å². The van der Waals surface area contributed by atoms with Crippen molar-refractivity contribution in [2.75, 3.05) is 23.3 Å². The molecule has 1 aliphatic heterocycles. The van der Waals surface area contributed by atoms with Gasteiger partial charge in [0.1, 0.15) is 11.4 Å². The third kappa shape index (κ3) is 3.08. The number of guanidine groups is 1. The van der Waals surface area contributed by atoms with Crippen LogP contribution < -0.4 is 21.0 Å². The predicted molar refractivity (Wildman–Crippen MR) is 71.1 cm³/mol. The molecular formula is C11H15N5O4. The van der Waals surface area contributed by atoms with Crippen LogP contribution in [0.4, 0.5) is 16.2 Å². The number of para-hydroxylation sites is 2. The smallest absolute Gasteiger partial charge is 0.404 e. The molecule has 1 aromatic carbocycles. The summed E-state index contributed by atoms with van der Waals surface area (Å²) in [7, 11) is 0. The highest BCUT2D eigenvalue weighted by Crippen LogP contribution is 2.29. The van der Waals surface area contributed by atoms with Gasteiger partial charge in [0.2, 0.25) is 5.96 Å². The van der Waals surface area contributed by atoms with Crippen molar-refractivity contribution >= 4 is 23.4 Å².